The molecule has 3 heteroatoms. The summed E-state index contributed by atoms with van der Waals surface area (Å²) < 4.78 is 0. The molecule has 0 radical (unpaired) electrons. The van der Waals surface area contributed by atoms with Crippen LogP contribution in [0, 0.1) is 0 Å². The number of para-hydroxylation sites is 1. The first-order chi connectivity index (χ1) is 9.74. The van der Waals surface area contributed by atoms with Gasteiger partial charge in [0, 0.05) is 17.8 Å². The van der Waals surface area contributed by atoms with Gasteiger partial charge in [-0.25, -0.2) is 0 Å². The minimum absolute atomic E-state index is 0.00405. The van der Waals surface area contributed by atoms with Gasteiger partial charge in [-0.05, 0) is 37.8 Å². The van der Waals surface area contributed by atoms with E-state index in [1.165, 1.54) is 19.3 Å². The van der Waals surface area contributed by atoms with E-state index >= 15 is 0 Å². The minimum atomic E-state index is 0.00405. The molecule has 2 atom stereocenters. The standard InChI is InChI=1S/C17H24N2O/c1-12-11-15(14-9-5-6-10-16(14)18-12)17(20)19-13-7-3-2-4-8-13/h5-6,9-10,12-13,15,18H,2-4,7-8,11H2,1H3,(H,19,20). The van der Waals surface area contributed by atoms with E-state index < -0.39 is 0 Å². The molecule has 20 heavy (non-hydrogen) atoms. The average molecular weight is 272 g/mol. The summed E-state index contributed by atoms with van der Waals surface area (Å²) in [6.07, 6.45) is 7.01. The summed E-state index contributed by atoms with van der Waals surface area (Å²) in [5.41, 5.74) is 2.27. The maximum atomic E-state index is 12.6. The van der Waals surface area contributed by atoms with Crippen molar-refractivity contribution in [1.82, 2.24) is 5.32 Å². The Morgan fingerprint density at radius 3 is 2.75 bits per heavy atom. The van der Waals surface area contributed by atoms with Crippen molar-refractivity contribution in [1.29, 1.82) is 0 Å². The smallest absolute Gasteiger partial charge is 0.227 e. The van der Waals surface area contributed by atoms with Crippen LogP contribution in [-0.4, -0.2) is 18.0 Å². The third-order valence-electron chi connectivity index (χ3n) is 4.60. The lowest BCUT2D eigenvalue weighted by molar-refractivity contribution is -0.123. The second-order valence-corrected chi connectivity index (χ2v) is 6.26. The number of anilines is 1. The zero-order chi connectivity index (χ0) is 13.9. The number of fused-ring (bicyclic) bond motifs is 1. The second-order valence-electron chi connectivity index (χ2n) is 6.26. The molecule has 0 spiro atoms. The van der Waals surface area contributed by atoms with Crippen LogP contribution < -0.4 is 10.6 Å². The van der Waals surface area contributed by atoms with Crippen LogP contribution in [0.15, 0.2) is 24.3 Å². The van der Waals surface area contributed by atoms with Crippen LogP contribution in [0.5, 0.6) is 0 Å². The monoisotopic (exact) mass is 272 g/mol. The molecule has 1 aromatic carbocycles. The number of hydrogen-bond acceptors (Lipinski definition) is 2. The Morgan fingerprint density at radius 2 is 1.95 bits per heavy atom. The molecule has 108 valence electrons. The third kappa shape index (κ3) is 2.82. The molecule has 1 aromatic rings. The second kappa shape index (κ2) is 5.86. The molecular weight excluding hydrogens is 248 g/mol. The van der Waals surface area contributed by atoms with Crippen molar-refractivity contribution in [3.63, 3.8) is 0 Å². The average Bonchev–Trinajstić information content (AvgIpc) is 2.47. The zero-order valence-corrected chi connectivity index (χ0v) is 12.2. The SMILES string of the molecule is CC1CC(C(=O)NC2CCCCC2)c2ccccc2N1. The van der Waals surface area contributed by atoms with Crippen molar-refractivity contribution >= 4 is 11.6 Å². The van der Waals surface area contributed by atoms with E-state index in [-0.39, 0.29) is 11.8 Å². The van der Waals surface area contributed by atoms with Crippen molar-refractivity contribution < 1.29 is 4.79 Å². The summed E-state index contributed by atoms with van der Waals surface area (Å²) in [5, 5.41) is 6.75. The molecular formula is C17H24N2O. The molecule has 2 unspecified atom stereocenters. The van der Waals surface area contributed by atoms with Gasteiger partial charge in [0.2, 0.25) is 5.91 Å². The maximum absolute atomic E-state index is 12.6. The number of rotatable bonds is 2. The topological polar surface area (TPSA) is 41.1 Å². The van der Waals surface area contributed by atoms with E-state index in [0.29, 0.717) is 12.1 Å². The molecule has 1 heterocycles. The minimum Gasteiger partial charge on any atom is -0.382 e. The Kier molecular flexibility index (Phi) is 3.95. The Bertz CT molecular complexity index is 480. The Balaban J connectivity index is 1.74. The summed E-state index contributed by atoms with van der Waals surface area (Å²) in [7, 11) is 0. The lowest BCUT2D eigenvalue weighted by Gasteiger charge is -2.32. The summed E-state index contributed by atoms with van der Waals surface area (Å²) in [6, 6.07) is 8.96. The predicted molar refractivity (Wildman–Crippen MR) is 81.9 cm³/mol. The largest absolute Gasteiger partial charge is 0.382 e. The first-order valence-corrected chi connectivity index (χ1v) is 7.90. The number of amides is 1. The van der Waals surface area contributed by atoms with Crippen molar-refractivity contribution in [2.24, 2.45) is 0 Å². The van der Waals surface area contributed by atoms with Crippen molar-refractivity contribution in [2.45, 2.75) is 63.5 Å². The van der Waals surface area contributed by atoms with E-state index in [2.05, 4.69) is 29.7 Å². The normalized spacial score (nSPS) is 26.4. The van der Waals surface area contributed by atoms with Crippen LogP contribution >= 0.6 is 0 Å². The highest BCUT2D eigenvalue weighted by atomic mass is 16.1. The van der Waals surface area contributed by atoms with E-state index in [1.807, 2.05) is 12.1 Å². The molecule has 0 bridgehead atoms. The molecule has 1 aliphatic heterocycles. The van der Waals surface area contributed by atoms with Crippen LogP contribution in [0.3, 0.4) is 0 Å². The van der Waals surface area contributed by atoms with Crippen LogP contribution in [0.1, 0.15) is 56.9 Å². The van der Waals surface area contributed by atoms with Gasteiger partial charge in [-0.3, -0.25) is 4.79 Å². The first kappa shape index (κ1) is 13.5. The van der Waals surface area contributed by atoms with Gasteiger partial charge < -0.3 is 10.6 Å². The van der Waals surface area contributed by atoms with Crippen molar-refractivity contribution in [2.75, 3.05) is 5.32 Å². The van der Waals surface area contributed by atoms with Gasteiger partial charge in [-0.1, -0.05) is 37.5 Å². The molecule has 3 rings (SSSR count). The van der Waals surface area contributed by atoms with Gasteiger partial charge in [-0.2, -0.15) is 0 Å². The lowest BCUT2D eigenvalue weighted by atomic mass is 9.86. The van der Waals surface area contributed by atoms with E-state index in [4.69, 9.17) is 0 Å². The number of benzene rings is 1. The fourth-order valence-corrected chi connectivity index (χ4v) is 3.53. The van der Waals surface area contributed by atoms with Crippen LogP contribution in [-0.2, 0) is 4.79 Å². The number of carbonyl (C=O) groups excluding carboxylic acids is 1. The summed E-state index contributed by atoms with van der Waals surface area (Å²) >= 11 is 0. The molecule has 1 aliphatic carbocycles. The van der Waals surface area contributed by atoms with Crippen molar-refractivity contribution in [3.8, 4) is 0 Å². The Labute approximate surface area is 121 Å². The summed E-state index contributed by atoms with van der Waals surface area (Å²) in [6.45, 7) is 2.15. The zero-order valence-electron chi connectivity index (χ0n) is 12.2. The van der Waals surface area contributed by atoms with E-state index in [1.54, 1.807) is 0 Å². The number of hydrogen-bond donors (Lipinski definition) is 2. The van der Waals surface area contributed by atoms with Crippen LogP contribution in [0.2, 0.25) is 0 Å². The summed E-state index contributed by atoms with van der Waals surface area (Å²) in [4.78, 5) is 12.6. The van der Waals surface area contributed by atoms with Gasteiger partial charge in [0.05, 0.1) is 5.92 Å². The van der Waals surface area contributed by atoms with E-state index in [0.717, 1.165) is 30.5 Å². The highest BCUT2D eigenvalue weighted by Gasteiger charge is 2.30. The van der Waals surface area contributed by atoms with E-state index in [9.17, 15) is 4.79 Å². The fourth-order valence-electron chi connectivity index (χ4n) is 3.53. The Hall–Kier alpha value is -1.51. The van der Waals surface area contributed by atoms with Crippen LogP contribution in [0.25, 0.3) is 0 Å². The Morgan fingerprint density at radius 1 is 1.20 bits per heavy atom. The quantitative estimate of drug-likeness (QED) is 0.866. The molecule has 3 nitrogen and oxygen atoms in total. The molecule has 1 fully saturated rings. The van der Waals surface area contributed by atoms with Crippen LogP contribution in [0.4, 0.5) is 5.69 Å². The highest BCUT2D eigenvalue weighted by molar-refractivity contribution is 5.86. The molecule has 2 aliphatic rings. The van der Waals surface area contributed by atoms with Gasteiger partial charge in [0.1, 0.15) is 0 Å². The molecule has 0 saturated heterocycles. The number of carbonyl (C=O) groups is 1. The molecule has 1 amide bonds. The first-order valence-electron chi connectivity index (χ1n) is 7.90. The van der Waals surface area contributed by atoms with Gasteiger partial charge in [0.25, 0.3) is 0 Å². The van der Waals surface area contributed by atoms with Gasteiger partial charge >= 0.3 is 0 Å². The van der Waals surface area contributed by atoms with Gasteiger partial charge in [0.15, 0.2) is 0 Å². The van der Waals surface area contributed by atoms with Crippen molar-refractivity contribution in [3.05, 3.63) is 29.8 Å². The number of nitrogens with one attached hydrogen (secondary N) is 2. The molecule has 1 saturated carbocycles. The third-order valence-corrected chi connectivity index (χ3v) is 4.60. The lowest BCUT2D eigenvalue weighted by Crippen LogP contribution is -2.41. The maximum Gasteiger partial charge on any atom is 0.227 e. The molecule has 0 aromatic heterocycles. The fraction of sp³-hybridized carbons (Fsp3) is 0.588. The predicted octanol–water partition coefficient (Wildman–Crippen LogP) is 3.42. The highest BCUT2D eigenvalue weighted by Crippen LogP contribution is 2.34. The molecule has 2 N–H and O–H groups in total. The summed E-state index contributed by atoms with van der Waals surface area (Å²) in [5.74, 6) is 0.224. The van der Waals surface area contributed by atoms with Gasteiger partial charge in [-0.15, -0.1) is 0 Å².